The van der Waals surface area contributed by atoms with Crippen LogP contribution in [0.2, 0.25) is 0 Å². The summed E-state index contributed by atoms with van der Waals surface area (Å²) in [6.45, 7) is 5.96. The minimum Gasteiger partial charge on any atom is -0.338 e. The van der Waals surface area contributed by atoms with Crippen molar-refractivity contribution < 1.29 is 4.79 Å². The molecule has 4 nitrogen and oxygen atoms in total. The van der Waals surface area contributed by atoms with E-state index in [1.807, 2.05) is 51.1 Å². The summed E-state index contributed by atoms with van der Waals surface area (Å²) in [7, 11) is 0. The van der Waals surface area contributed by atoms with Gasteiger partial charge in [-0.05, 0) is 25.8 Å². The normalized spacial score (nSPS) is 25.3. The Labute approximate surface area is 108 Å². The Bertz CT molecular complexity index is 467. The second kappa shape index (κ2) is 4.80. The fourth-order valence-electron chi connectivity index (χ4n) is 2.21. The summed E-state index contributed by atoms with van der Waals surface area (Å²) >= 11 is 0. The molecular formula is C14H19N3O. The molecule has 1 aliphatic heterocycles. The highest BCUT2D eigenvalue weighted by Crippen LogP contribution is 2.28. The molecule has 1 aromatic rings. The van der Waals surface area contributed by atoms with Crippen molar-refractivity contribution in [2.24, 2.45) is 4.99 Å². The molecule has 0 bridgehead atoms. The number of carbonyl (C=O) groups is 1. The van der Waals surface area contributed by atoms with E-state index >= 15 is 0 Å². The van der Waals surface area contributed by atoms with Crippen molar-refractivity contribution in [2.75, 3.05) is 0 Å². The molecule has 0 saturated carbocycles. The summed E-state index contributed by atoms with van der Waals surface area (Å²) in [4.78, 5) is 16.6. The van der Waals surface area contributed by atoms with Gasteiger partial charge in [0.15, 0.2) is 5.96 Å². The number of benzene rings is 1. The number of hydrogen-bond donors (Lipinski definition) is 2. The molecule has 2 N–H and O–H groups in total. The molecule has 1 unspecified atom stereocenters. The zero-order valence-corrected chi connectivity index (χ0v) is 11.0. The van der Waals surface area contributed by atoms with Crippen LogP contribution in [0.5, 0.6) is 0 Å². The minimum absolute atomic E-state index is 0.0319. The summed E-state index contributed by atoms with van der Waals surface area (Å²) in [5, 5.41) is 6.07. The van der Waals surface area contributed by atoms with Crippen molar-refractivity contribution in [2.45, 2.75) is 38.8 Å². The smallest absolute Gasteiger partial charge is 0.257 e. The number of nitrogens with one attached hydrogen (secondary N) is 2. The van der Waals surface area contributed by atoms with Gasteiger partial charge in [-0.1, -0.05) is 37.3 Å². The summed E-state index contributed by atoms with van der Waals surface area (Å²) in [6.07, 6.45) is 0.681. The van der Waals surface area contributed by atoms with Gasteiger partial charge >= 0.3 is 0 Å². The van der Waals surface area contributed by atoms with Gasteiger partial charge in [-0.15, -0.1) is 0 Å². The van der Waals surface area contributed by atoms with Gasteiger partial charge in [0.2, 0.25) is 0 Å². The summed E-state index contributed by atoms with van der Waals surface area (Å²) < 4.78 is 0. The van der Waals surface area contributed by atoms with Crippen molar-refractivity contribution >= 4 is 11.9 Å². The molecule has 0 aromatic heterocycles. The number of aliphatic imine (C=N–C) groups is 1. The standard InChI is InChI=1S/C14H19N3O/c1-4-14(11-8-6-5-7-9-11)12(18)16-13(17-14)15-10(2)3/h5-10H,4H2,1-3H3,(H2,15,16,17,18). The number of carbonyl (C=O) groups excluding carboxylic acids is 1. The molecule has 1 aliphatic rings. The van der Waals surface area contributed by atoms with Gasteiger partial charge < -0.3 is 5.32 Å². The lowest BCUT2D eigenvalue weighted by atomic mass is 9.87. The van der Waals surface area contributed by atoms with Gasteiger partial charge in [-0.2, -0.15) is 0 Å². The van der Waals surface area contributed by atoms with Gasteiger partial charge in [-0.3, -0.25) is 15.1 Å². The van der Waals surface area contributed by atoms with Gasteiger partial charge in [0.05, 0.1) is 0 Å². The van der Waals surface area contributed by atoms with Crippen molar-refractivity contribution in [1.29, 1.82) is 0 Å². The van der Waals surface area contributed by atoms with Crippen LogP contribution in [-0.2, 0) is 10.3 Å². The maximum absolute atomic E-state index is 12.3. The fourth-order valence-corrected chi connectivity index (χ4v) is 2.21. The summed E-state index contributed by atoms with van der Waals surface area (Å²) in [5.74, 6) is 0.538. The lowest BCUT2D eigenvalue weighted by Crippen LogP contribution is -2.43. The Morgan fingerprint density at radius 2 is 1.94 bits per heavy atom. The number of rotatable bonds is 3. The molecule has 1 fully saturated rings. The molecule has 0 spiro atoms. The second-order valence-electron chi connectivity index (χ2n) is 4.78. The minimum atomic E-state index is -0.686. The Balaban J connectivity index is 2.38. The van der Waals surface area contributed by atoms with Crippen LogP contribution in [0, 0.1) is 0 Å². The van der Waals surface area contributed by atoms with E-state index in [0.717, 1.165) is 5.56 Å². The first-order valence-electron chi connectivity index (χ1n) is 6.31. The average molecular weight is 245 g/mol. The Hall–Kier alpha value is -1.84. The molecule has 2 rings (SSSR count). The van der Waals surface area contributed by atoms with Crippen LogP contribution < -0.4 is 10.6 Å². The maximum atomic E-state index is 12.3. The number of nitrogens with zero attached hydrogens (tertiary/aromatic N) is 1. The average Bonchev–Trinajstić information content (AvgIpc) is 2.66. The van der Waals surface area contributed by atoms with Crippen LogP contribution in [0.25, 0.3) is 0 Å². The van der Waals surface area contributed by atoms with Crippen LogP contribution in [0.3, 0.4) is 0 Å². The third kappa shape index (κ3) is 2.10. The van der Waals surface area contributed by atoms with Crippen molar-refractivity contribution in [3.63, 3.8) is 0 Å². The lowest BCUT2D eigenvalue weighted by molar-refractivity contribution is -0.124. The van der Waals surface area contributed by atoms with Crippen molar-refractivity contribution in [3.8, 4) is 0 Å². The molecule has 18 heavy (non-hydrogen) atoms. The highest BCUT2D eigenvalue weighted by Gasteiger charge is 2.44. The predicted octanol–water partition coefficient (Wildman–Crippen LogP) is 1.78. The second-order valence-corrected chi connectivity index (χ2v) is 4.78. The van der Waals surface area contributed by atoms with Gasteiger partial charge in [0, 0.05) is 6.04 Å². The number of amides is 1. The first-order valence-corrected chi connectivity index (χ1v) is 6.31. The molecule has 1 saturated heterocycles. The van der Waals surface area contributed by atoms with Crippen LogP contribution in [0.15, 0.2) is 35.3 Å². The van der Waals surface area contributed by atoms with E-state index in [0.29, 0.717) is 12.4 Å². The molecule has 1 aromatic carbocycles. The van der Waals surface area contributed by atoms with E-state index in [9.17, 15) is 4.79 Å². The van der Waals surface area contributed by atoms with Crippen LogP contribution >= 0.6 is 0 Å². The van der Waals surface area contributed by atoms with E-state index in [4.69, 9.17) is 0 Å². The first kappa shape index (κ1) is 12.6. The van der Waals surface area contributed by atoms with Crippen LogP contribution in [-0.4, -0.2) is 17.9 Å². The monoisotopic (exact) mass is 245 g/mol. The number of hydrogen-bond acceptors (Lipinski definition) is 2. The predicted molar refractivity (Wildman–Crippen MR) is 72.3 cm³/mol. The molecule has 4 heteroatoms. The van der Waals surface area contributed by atoms with E-state index < -0.39 is 5.54 Å². The maximum Gasteiger partial charge on any atom is 0.257 e. The van der Waals surface area contributed by atoms with Gasteiger partial charge in [0.25, 0.3) is 5.91 Å². The Morgan fingerprint density at radius 3 is 2.50 bits per heavy atom. The Morgan fingerprint density at radius 1 is 1.28 bits per heavy atom. The first-order chi connectivity index (χ1) is 8.58. The van der Waals surface area contributed by atoms with Crippen LogP contribution in [0.4, 0.5) is 0 Å². The van der Waals surface area contributed by atoms with Crippen LogP contribution in [0.1, 0.15) is 32.8 Å². The molecule has 1 heterocycles. The van der Waals surface area contributed by atoms with Gasteiger partial charge in [0.1, 0.15) is 5.54 Å². The summed E-state index contributed by atoms with van der Waals surface area (Å²) in [6, 6.07) is 9.92. The molecular weight excluding hydrogens is 226 g/mol. The van der Waals surface area contributed by atoms with Crippen molar-refractivity contribution in [1.82, 2.24) is 10.6 Å². The van der Waals surface area contributed by atoms with E-state index in [2.05, 4.69) is 15.6 Å². The zero-order valence-electron chi connectivity index (χ0n) is 11.0. The van der Waals surface area contributed by atoms with E-state index in [1.54, 1.807) is 0 Å². The highest BCUT2D eigenvalue weighted by molar-refractivity contribution is 6.09. The largest absolute Gasteiger partial charge is 0.338 e. The van der Waals surface area contributed by atoms with E-state index in [-0.39, 0.29) is 11.9 Å². The SMILES string of the molecule is CCC1(c2ccccc2)NC(=NC(C)C)NC1=O. The molecule has 0 aliphatic carbocycles. The van der Waals surface area contributed by atoms with Crippen molar-refractivity contribution in [3.05, 3.63) is 35.9 Å². The quantitative estimate of drug-likeness (QED) is 0.852. The van der Waals surface area contributed by atoms with E-state index in [1.165, 1.54) is 0 Å². The fraction of sp³-hybridized carbons (Fsp3) is 0.429. The molecule has 0 radical (unpaired) electrons. The molecule has 96 valence electrons. The third-order valence-corrected chi connectivity index (χ3v) is 3.14. The Kier molecular flexibility index (Phi) is 3.36. The topological polar surface area (TPSA) is 53.5 Å². The number of guanidine groups is 1. The molecule has 1 amide bonds. The highest BCUT2D eigenvalue weighted by atomic mass is 16.2. The summed E-state index contributed by atoms with van der Waals surface area (Å²) in [5.41, 5.74) is 0.286. The third-order valence-electron chi connectivity index (χ3n) is 3.14. The zero-order chi connectivity index (χ0) is 13.2. The van der Waals surface area contributed by atoms with Gasteiger partial charge in [-0.25, -0.2) is 0 Å². The molecule has 1 atom stereocenters. The lowest BCUT2D eigenvalue weighted by Gasteiger charge is -2.25.